The van der Waals surface area contributed by atoms with Crippen molar-refractivity contribution < 1.29 is 9.53 Å². The first-order valence-corrected chi connectivity index (χ1v) is 8.00. The van der Waals surface area contributed by atoms with Crippen LogP contribution in [0.2, 0.25) is 0 Å². The van der Waals surface area contributed by atoms with Crippen LogP contribution in [0.15, 0.2) is 0 Å². The van der Waals surface area contributed by atoms with Gasteiger partial charge in [0.25, 0.3) is 0 Å². The van der Waals surface area contributed by atoms with Crippen molar-refractivity contribution in [3.63, 3.8) is 0 Å². The molecule has 0 aromatic rings. The zero-order valence-electron chi connectivity index (χ0n) is 12.0. The highest BCUT2D eigenvalue weighted by Gasteiger charge is 2.59. The molecule has 1 aliphatic carbocycles. The number of fused-ring (bicyclic) bond motifs is 3. The molecule has 6 unspecified atom stereocenters. The van der Waals surface area contributed by atoms with Crippen molar-refractivity contribution in [3.05, 3.63) is 5.21 Å². The molecule has 3 saturated heterocycles. The predicted octanol–water partition coefficient (Wildman–Crippen LogP) is 1.36. The molecule has 5 heteroatoms. The summed E-state index contributed by atoms with van der Waals surface area (Å²) in [6.45, 7) is 0.480. The fraction of sp³-hybridized carbons (Fsp3) is 0.933. The van der Waals surface area contributed by atoms with E-state index in [4.69, 9.17) is 4.74 Å². The first-order valence-electron chi connectivity index (χ1n) is 8.00. The normalized spacial score (nSPS) is 48.1. The van der Waals surface area contributed by atoms with Crippen LogP contribution in [0.3, 0.4) is 0 Å². The lowest BCUT2D eigenvalue weighted by Gasteiger charge is -2.54. The van der Waals surface area contributed by atoms with Crippen molar-refractivity contribution in [3.8, 4) is 0 Å². The summed E-state index contributed by atoms with van der Waals surface area (Å²) in [5, 5.41) is 13.5. The molecule has 4 aliphatic rings. The topological polar surface area (TPSA) is 55.8 Å². The van der Waals surface area contributed by atoms with E-state index in [1.165, 1.54) is 24.3 Å². The Bertz CT molecular complexity index is 416. The highest BCUT2D eigenvalue weighted by Crippen LogP contribution is 2.51. The van der Waals surface area contributed by atoms with Crippen LogP contribution in [0.25, 0.3) is 0 Å². The van der Waals surface area contributed by atoms with Crippen LogP contribution in [0.1, 0.15) is 38.5 Å². The van der Waals surface area contributed by atoms with Gasteiger partial charge in [0.1, 0.15) is 0 Å². The molecule has 0 aromatic carbocycles. The number of ether oxygens (including phenoxy) is 1. The number of piperidine rings is 2. The molecule has 1 amide bonds. The van der Waals surface area contributed by atoms with Gasteiger partial charge in [0, 0.05) is 38.1 Å². The van der Waals surface area contributed by atoms with Crippen LogP contribution in [0.4, 0.5) is 0 Å². The molecule has 3 aliphatic heterocycles. The highest BCUT2D eigenvalue weighted by molar-refractivity contribution is 5.78. The molecule has 4 rings (SSSR count). The molecular weight excluding hydrogens is 256 g/mol. The summed E-state index contributed by atoms with van der Waals surface area (Å²) in [4.78, 5) is 14.5. The van der Waals surface area contributed by atoms with Gasteiger partial charge in [-0.1, -0.05) is 12.8 Å². The summed E-state index contributed by atoms with van der Waals surface area (Å²) in [6.07, 6.45) is 6.06. The van der Waals surface area contributed by atoms with Crippen LogP contribution >= 0.6 is 0 Å². The Morgan fingerprint density at radius 3 is 2.80 bits per heavy atom. The van der Waals surface area contributed by atoms with Gasteiger partial charge in [-0.05, 0) is 25.2 Å². The van der Waals surface area contributed by atoms with E-state index in [0.29, 0.717) is 30.8 Å². The summed E-state index contributed by atoms with van der Waals surface area (Å²) < 4.78 is 5.65. The SMILES string of the molecule is COC1CN([O-])C2CCC(=O)N3C4CCCCC4C1C23. The molecule has 5 nitrogen and oxygen atoms in total. The van der Waals surface area contributed by atoms with Crippen LogP contribution in [-0.4, -0.2) is 53.8 Å². The van der Waals surface area contributed by atoms with Gasteiger partial charge in [0.05, 0.1) is 12.1 Å². The van der Waals surface area contributed by atoms with E-state index in [1.807, 2.05) is 0 Å². The Balaban J connectivity index is 1.75. The van der Waals surface area contributed by atoms with Gasteiger partial charge in [0.15, 0.2) is 0 Å². The Morgan fingerprint density at radius 2 is 2.00 bits per heavy atom. The summed E-state index contributed by atoms with van der Waals surface area (Å²) in [5.74, 6) is 1.21. The molecular formula is C15H23N2O3-. The standard InChI is InChI=1S/C15H23N2O3/c1-20-12-8-16(19)11-6-7-13(18)17-10-5-3-2-4-9(10)14(12)15(11)17/h9-12,14-15H,2-8H2,1H3/q-1. The number of methoxy groups -OCH3 is 1. The third kappa shape index (κ3) is 1.63. The number of carbonyl (C=O) groups is 1. The lowest BCUT2D eigenvalue weighted by atomic mass is 9.72. The van der Waals surface area contributed by atoms with Gasteiger partial charge in [-0.3, -0.25) is 4.79 Å². The second-order valence-corrected chi connectivity index (χ2v) is 6.86. The molecule has 0 radical (unpaired) electrons. The predicted molar refractivity (Wildman–Crippen MR) is 73.8 cm³/mol. The van der Waals surface area contributed by atoms with Crippen molar-refractivity contribution in [2.24, 2.45) is 11.8 Å². The maximum atomic E-state index is 12.4. The van der Waals surface area contributed by atoms with Gasteiger partial charge >= 0.3 is 0 Å². The molecule has 0 N–H and O–H groups in total. The smallest absolute Gasteiger partial charge is 0.223 e. The number of hydroxylamine groups is 2. The van der Waals surface area contributed by atoms with Crippen molar-refractivity contribution in [2.75, 3.05) is 13.7 Å². The van der Waals surface area contributed by atoms with E-state index >= 15 is 0 Å². The average Bonchev–Trinajstić information content (AvgIpc) is 2.81. The Kier molecular flexibility index (Phi) is 3.05. The molecule has 20 heavy (non-hydrogen) atoms. The third-order valence-corrected chi connectivity index (χ3v) is 6.15. The van der Waals surface area contributed by atoms with Crippen LogP contribution in [-0.2, 0) is 9.53 Å². The Labute approximate surface area is 119 Å². The number of carbonyl (C=O) groups excluding carboxylic acids is 1. The number of amides is 1. The van der Waals surface area contributed by atoms with E-state index < -0.39 is 0 Å². The van der Waals surface area contributed by atoms with E-state index in [0.717, 1.165) is 12.8 Å². The van der Waals surface area contributed by atoms with Gasteiger partial charge in [-0.2, -0.15) is 0 Å². The van der Waals surface area contributed by atoms with Crippen molar-refractivity contribution >= 4 is 5.91 Å². The third-order valence-electron chi connectivity index (χ3n) is 6.15. The molecule has 112 valence electrons. The number of hydrogen-bond donors (Lipinski definition) is 0. The fourth-order valence-electron chi connectivity index (χ4n) is 5.43. The zero-order valence-corrected chi connectivity index (χ0v) is 12.0. The molecule has 3 heterocycles. The molecule has 0 bridgehead atoms. The second kappa shape index (κ2) is 4.68. The minimum Gasteiger partial charge on any atom is -0.785 e. The summed E-state index contributed by atoms with van der Waals surface area (Å²) >= 11 is 0. The maximum absolute atomic E-state index is 12.4. The maximum Gasteiger partial charge on any atom is 0.223 e. The zero-order chi connectivity index (χ0) is 13.9. The second-order valence-electron chi connectivity index (χ2n) is 6.86. The van der Waals surface area contributed by atoms with E-state index in [2.05, 4.69) is 4.90 Å². The Hall–Kier alpha value is -0.650. The van der Waals surface area contributed by atoms with Crippen LogP contribution in [0.5, 0.6) is 0 Å². The average molecular weight is 279 g/mol. The quantitative estimate of drug-likeness (QED) is 0.727. The van der Waals surface area contributed by atoms with Crippen molar-refractivity contribution in [2.45, 2.75) is 62.8 Å². The van der Waals surface area contributed by atoms with E-state index in [9.17, 15) is 10.0 Å². The Morgan fingerprint density at radius 1 is 1.20 bits per heavy atom. The van der Waals surface area contributed by atoms with Gasteiger partial charge in [-0.25, -0.2) is 0 Å². The molecule has 0 aromatic heterocycles. The summed E-state index contributed by atoms with van der Waals surface area (Å²) in [6, 6.07) is 0.494. The molecule has 0 spiro atoms. The summed E-state index contributed by atoms with van der Waals surface area (Å²) in [5.41, 5.74) is 0. The molecule has 4 fully saturated rings. The lowest BCUT2D eigenvalue weighted by Crippen LogP contribution is -2.63. The van der Waals surface area contributed by atoms with Gasteiger partial charge < -0.3 is 19.9 Å². The highest BCUT2D eigenvalue weighted by atomic mass is 16.5. The van der Waals surface area contributed by atoms with Crippen molar-refractivity contribution in [1.29, 1.82) is 0 Å². The van der Waals surface area contributed by atoms with Crippen molar-refractivity contribution in [1.82, 2.24) is 9.96 Å². The minimum absolute atomic E-state index is 0.00440. The van der Waals surface area contributed by atoms with Gasteiger partial charge in [0.2, 0.25) is 5.91 Å². The lowest BCUT2D eigenvalue weighted by molar-refractivity contribution is -0.144. The van der Waals surface area contributed by atoms with Crippen LogP contribution < -0.4 is 0 Å². The monoisotopic (exact) mass is 279 g/mol. The minimum atomic E-state index is -0.00440. The fourth-order valence-corrected chi connectivity index (χ4v) is 5.43. The summed E-state index contributed by atoms with van der Waals surface area (Å²) in [7, 11) is 1.71. The van der Waals surface area contributed by atoms with E-state index in [-0.39, 0.29) is 24.1 Å². The molecule has 1 saturated carbocycles. The number of hydrogen-bond acceptors (Lipinski definition) is 4. The first-order chi connectivity index (χ1) is 9.72. The van der Waals surface area contributed by atoms with Gasteiger partial charge in [-0.15, -0.1) is 0 Å². The first kappa shape index (κ1) is 13.0. The van der Waals surface area contributed by atoms with E-state index in [1.54, 1.807) is 7.11 Å². The van der Waals surface area contributed by atoms with Crippen LogP contribution in [0, 0.1) is 17.0 Å². The number of rotatable bonds is 1. The number of nitrogens with zero attached hydrogens (tertiary/aromatic N) is 2. The molecule has 6 atom stereocenters. The largest absolute Gasteiger partial charge is 0.785 e.